The number of likely N-dealkylation sites (tertiary alicyclic amines) is 2. The highest BCUT2D eigenvalue weighted by Crippen LogP contribution is 2.41. The van der Waals surface area contributed by atoms with Gasteiger partial charge in [-0.25, -0.2) is 0 Å². The van der Waals surface area contributed by atoms with Crippen molar-refractivity contribution in [3.8, 4) is 17.6 Å². The number of fused-ring (bicyclic) bond motifs is 1. The highest BCUT2D eigenvalue weighted by Gasteiger charge is 2.42. The number of carbonyl (C=O) groups excluding carboxylic acids is 2. The van der Waals surface area contributed by atoms with Crippen LogP contribution in [-0.2, 0) is 4.79 Å². The Bertz CT molecular complexity index is 1240. The van der Waals surface area contributed by atoms with Gasteiger partial charge in [-0.15, -0.1) is 0 Å². The quantitative estimate of drug-likeness (QED) is 0.564. The van der Waals surface area contributed by atoms with Crippen LogP contribution in [0.2, 0.25) is 0 Å². The molecule has 2 aromatic carbocycles. The van der Waals surface area contributed by atoms with Crippen molar-refractivity contribution in [3.63, 3.8) is 0 Å². The number of methoxy groups -OCH3 is 1. The largest absolute Gasteiger partial charge is 0.493 e. The fourth-order valence-electron chi connectivity index (χ4n) is 4.89. The molecule has 2 aliphatic heterocycles. The van der Waals surface area contributed by atoms with Crippen LogP contribution in [0.3, 0.4) is 0 Å². The maximum Gasteiger partial charge on any atom is 0.298 e. The van der Waals surface area contributed by atoms with E-state index < -0.39 is 0 Å². The van der Waals surface area contributed by atoms with Crippen molar-refractivity contribution in [2.45, 2.75) is 19.3 Å². The Hall–Kier alpha value is -3.72. The molecule has 2 saturated heterocycles. The Morgan fingerprint density at radius 2 is 1.70 bits per heavy atom. The molecule has 0 atom stereocenters. The third-order valence-corrected chi connectivity index (χ3v) is 6.86. The number of nitrogens with zero attached hydrogens (tertiary/aromatic N) is 2. The Balaban J connectivity index is 1.21. The SMILES string of the molecule is COc1cccc2cc(C(=O)N3CCC4(CCN(C(=O)C#Cc5ccccc5)C4)CC3)oc12. The Morgan fingerprint density at radius 1 is 0.970 bits per heavy atom. The average molecular weight is 443 g/mol. The molecular weight excluding hydrogens is 416 g/mol. The molecule has 1 spiro atoms. The van der Waals surface area contributed by atoms with Crippen LogP contribution in [0.25, 0.3) is 11.0 Å². The second-order valence-corrected chi connectivity index (χ2v) is 8.87. The molecule has 2 aliphatic rings. The monoisotopic (exact) mass is 442 g/mol. The normalized spacial score (nSPS) is 17.1. The maximum absolute atomic E-state index is 13.1. The van der Waals surface area contributed by atoms with Gasteiger partial charge in [0, 0.05) is 43.0 Å². The molecule has 2 amide bonds. The molecule has 0 N–H and O–H groups in total. The first-order chi connectivity index (χ1) is 16.1. The Kier molecular flexibility index (Phi) is 5.55. The summed E-state index contributed by atoms with van der Waals surface area (Å²) in [6, 6.07) is 17.0. The van der Waals surface area contributed by atoms with Crippen LogP contribution < -0.4 is 4.74 Å². The Morgan fingerprint density at radius 3 is 2.42 bits per heavy atom. The minimum Gasteiger partial charge on any atom is -0.493 e. The van der Waals surface area contributed by atoms with E-state index in [1.54, 1.807) is 13.2 Å². The summed E-state index contributed by atoms with van der Waals surface area (Å²) >= 11 is 0. The van der Waals surface area contributed by atoms with Crippen LogP contribution in [0.1, 0.15) is 35.4 Å². The van der Waals surface area contributed by atoms with Crippen molar-refractivity contribution in [2.75, 3.05) is 33.3 Å². The lowest BCUT2D eigenvalue weighted by Gasteiger charge is -2.38. The van der Waals surface area contributed by atoms with Crippen LogP contribution in [0.5, 0.6) is 5.75 Å². The molecule has 3 heterocycles. The highest BCUT2D eigenvalue weighted by atomic mass is 16.5. The van der Waals surface area contributed by atoms with E-state index in [1.807, 2.05) is 58.3 Å². The summed E-state index contributed by atoms with van der Waals surface area (Å²) in [5.74, 6) is 6.49. The van der Waals surface area contributed by atoms with Gasteiger partial charge in [0.15, 0.2) is 17.1 Å². The van der Waals surface area contributed by atoms with Gasteiger partial charge in [0.25, 0.3) is 11.8 Å². The number of benzene rings is 2. The van der Waals surface area contributed by atoms with E-state index in [4.69, 9.17) is 9.15 Å². The molecule has 1 aromatic heterocycles. The molecule has 33 heavy (non-hydrogen) atoms. The lowest BCUT2D eigenvalue weighted by Crippen LogP contribution is -2.44. The summed E-state index contributed by atoms with van der Waals surface area (Å²) in [6.45, 7) is 2.74. The summed E-state index contributed by atoms with van der Waals surface area (Å²) in [5.41, 5.74) is 1.51. The smallest absolute Gasteiger partial charge is 0.298 e. The minimum absolute atomic E-state index is 0.0674. The molecule has 0 saturated carbocycles. The Labute approximate surface area is 193 Å². The second-order valence-electron chi connectivity index (χ2n) is 8.87. The first-order valence-electron chi connectivity index (χ1n) is 11.3. The number of hydrogen-bond donors (Lipinski definition) is 0. The molecule has 0 bridgehead atoms. The fourth-order valence-corrected chi connectivity index (χ4v) is 4.89. The zero-order valence-electron chi connectivity index (χ0n) is 18.7. The summed E-state index contributed by atoms with van der Waals surface area (Å²) in [5, 5.41) is 0.854. The summed E-state index contributed by atoms with van der Waals surface area (Å²) < 4.78 is 11.2. The molecule has 0 radical (unpaired) electrons. The van der Waals surface area contributed by atoms with Crippen molar-refractivity contribution in [2.24, 2.45) is 5.41 Å². The summed E-state index contributed by atoms with van der Waals surface area (Å²) in [6.07, 6.45) is 2.70. The standard InChI is InChI=1S/C27H26N2O4/c1-32-22-9-5-8-21-18-23(33-25(21)22)26(31)28-15-12-27(13-16-28)14-17-29(19-27)24(30)11-10-20-6-3-2-4-7-20/h2-9,18H,12-17,19H2,1H3. The van der Waals surface area contributed by atoms with Gasteiger partial charge in [-0.1, -0.05) is 36.3 Å². The van der Waals surface area contributed by atoms with Crippen molar-refractivity contribution in [1.29, 1.82) is 0 Å². The van der Waals surface area contributed by atoms with Gasteiger partial charge in [0.1, 0.15) is 0 Å². The van der Waals surface area contributed by atoms with E-state index in [0.717, 1.165) is 36.8 Å². The zero-order chi connectivity index (χ0) is 22.8. The highest BCUT2D eigenvalue weighted by molar-refractivity contribution is 5.97. The van der Waals surface area contributed by atoms with Crippen molar-refractivity contribution < 1.29 is 18.7 Å². The number of piperidine rings is 1. The van der Waals surface area contributed by atoms with Crippen LogP contribution >= 0.6 is 0 Å². The number of amides is 2. The van der Waals surface area contributed by atoms with Gasteiger partial charge < -0.3 is 19.0 Å². The topological polar surface area (TPSA) is 63.0 Å². The van der Waals surface area contributed by atoms with Crippen molar-refractivity contribution in [3.05, 3.63) is 65.9 Å². The van der Waals surface area contributed by atoms with E-state index in [1.165, 1.54) is 0 Å². The van der Waals surface area contributed by atoms with Gasteiger partial charge in [-0.3, -0.25) is 9.59 Å². The second kappa shape index (κ2) is 8.67. The van der Waals surface area contributed by atoms with E-state index in [2.05, 4.69) is 11.8 Å². The van der Waals surface area contributed by atoms with E-state index >= 15 is 0 Å². The number of ether oxygens (including phenoxy) is 1. The first-order valence-corrected chi connectivity index (χ1v) is 11.3. The lowest BCUT2D eigenvalue weighted by atomic mass is 9.77. The molecule has 3 aromatic rings. The molecular formula is C27H26N2O4. The van der Waals surface area contributed by atoms with Gasteiger partial charge in [-0.05, 0) is 48.9 Å². The third-order valence-electron chi connectivity index (χ3n) is 6.86. The summed E-state index contributed by atoms with van der Waals surface area (Å²) in [4.78, 5) is 29.4. The fraction of sp³-hybridized carbons (Fsp3) is 0.333. The van der Waals surface area contributed by atoms with E-state index in [9.17, 15) is 9.59 Å². The number of para-hydroxylation sites is 1. The van der Waals surface area contributed by atoms with Crippen LogP contribution in [0.15, 0.2) is 59.0 Å². The van der Waals surface area contributed by atoms with Crippen molar-refractivity contribution >= 4 is 22.8 Å². The number of furan rings is 1. The van der Waals surface area contributed by atoms with Crippen LogP contribution in [0, 0.1) is 17.3 Å². The zero-order valence-corrected chi connectivity index (χ0v) is 18.7. The third kappa shape index (κ3) is 4.19. The van der Waals surface area contributed by atoms with Gasteiger partial charge in [0.05, 0.1) is 7.11 Å². The summed E-state index contributed by atoms with van der Waals surface area (Å²) in [7, 11) is 1.59. The van der Waals surface area contributed by atoms with Crippen molar-refractivity contribution in [1.82, 2.24) is 9.80 Å². The van der Waals surface area contributed by atoms with Gasteiger partial charge in [-0.2, -0.15) is 0 Å². The van der Waals surface area contributed by atoms with Crippen LogP contribution in [0.4, 0.5) is 0 Å². The molecule has 6 nitrogen and oxygen atoms in total. The van der Waals surface area contributed by atoms with E-state index in [-0.39, 0.29) is 17.2 Å². The molecule has 6 heteroatoms. The number of rotatable bonds is 2. The molecule has 168 valence electrons. The number of hydrogen-bond acceptors (Lipinski definition) is 4. The minimum atomic E-state index is -0.120. The van der Waals surface area contributed by atoms with Gasteiger partial charge in [0.2, 0.25) is 0 Å². The van der Waals surface area contributed by atoms with Gasteiger partial charge >= 0.3 is 0 Å². The maximum atomic E-state index is 13.1. The molecule has 0 aliphatic carbocycles. The molecule has 5 rings (SSSR count). The molecule has 0 unspecified atom stereocenters. The first kappa shape index (κ1) is 21.1. The lowest BCUT2D eigenvalue weighted by molar-refractivity contribution is -0.124. The average Bonchev–Trinajstić information content (AvgIpc) is 3.48. The predicted octanol–water partition coefficient (Wildman–Crippen LogP) is 3.95. The van der Waals surface area contributed by atoms with Crippen LogP contribution in [-0.4, -0.2) is 54.9 Å². The van der Waals surface area contributed by atoms with E-state index in [0.29, 0.717) is 36.7 Å². The molecule has 2 fully saturated rings. The predicted molar refractivity (Wildman–Crippen MR) is 125 cm³/mol. The number of carbonyl (C=O) groups is 2.